The molecule has 0 fully saturated rings. The van der Waals surface area contributed by atoms with Crippen molar-refractivity contribution in [1.82, 2.24) is 9.88 Å². The number of aliphatic hydroxyl groups is 1. The first-order valence-corrected chi connectivity index (χ1v) is 15.8. The van der Waals surface area contributed by atoms with E-state index < -0.39 is 6.10 Å². The van der Waals surface area contributed by atoms with Gasteiger partial charge in [-0.15, -0.1) is 0 Å². The zero-order valence-corrected chi connectivity index (χ0v) is 25.1. The van der Waals surface area contributed by atoms with Crippen LogP contribution in [0.3, 0.4) is 0 Å². The van der Waals surface area contributed by atoms with Crippen molar-refractivity contribution in [2.75, 3.05) is 20.2 Å². The molecule has 0 saturated heterocycles. The number of nitrogens with zero attached hydrogens (tertiary/aromatic N) is 1. The molecular weight excluding hydrogens is 524 g/mol. The third-order valence-electron chi connectivity index (χ3n) is 9.08. The Kier molecular flexibility index (Phi) is 10.3. The minimum Gasteiger partial charge on any atom is -0.465 e. The molecule has 42 heavy (non-hydrogen) atoms. The summed E-state index contributed by atoms with van der Waals surface area (Å²) in [5.74, 6) is 0.105. The topological polar surface area (TPSA) is 82.6 Å². The molecule has 2 aromatic rings. The molecule has 2 N–H and O–H groups in total. The van der Waals surface area contributed by atoms with Gasteiger partial charge in [-0.25, -0.2) is 0 Å². The third kappa shape index (κ3) is 7.22. The van der Waals surface area contributed by atoms with Gasteiger partial charge in [-0.3, -0.25) is 14.5 Å². The van der Waals surface area contributed by atoms with Crippen molar-refractivity contribution in [2.45, 2.75) is 76.9 Å². The minimum absolute atomic E-state index is 0.0358. The molecule has 2 heterocycles. The standard InChI is InChI=1S/C36H46N2O4/c1-3-4-7-11-28(39)18-16-26-17-19-34(40)29(26)12-8-5-6-9-15-35(41)42-24-25-20-31-30-13-10-14-32-36(30)27(22-37-32)21-33(31)38(2)23-25/h5,8,10,13-14,16-20,22,25-26,28-29,33,37,39H,3-4,6-7,9,11-12,15,21,23-24H2,1-2H3/t25-,26+,28-,29-,33-/m1/s1. The van der Waals surface area contributed by atoms with Crippen molar-refractivity contribution >= 4 is 28.2 Å². The minimum atomic E-state index is -0.445. The summed E-state index contributed by atoms with van der Waals surface area (Å²) in [5, 5.41) is 11.5. The number of likely N-dealkylation sites (N-methyl/N-ethyl adjacent to an activating group) is 1. The number of esters is 1. The maximum atomic E-state index is 12.5. The number of hydrogen-bond donors (Lipinski definition) is 2. The average molecular weight is 571 g/mol. The van der Waals surface area contributed by atoms with Crippen molar-refractivity contribution < 1.29 is 19.4 Å². The second-order valence-corrected chi connectivity index (χ2v) is 12.3. The summed E-state index contributed by atoms with van der Waals surface area (Å²) >= 11 is 0. The number of ketones is 1. The van der Waals surface area contributed by atoms with Crippen LogP contribution in [0.15, 0.2) is 66.9 Å². The van der Waals surface area contributed by atoms with Crippen LogP contribution in [-0.4, -0.2) is 59.1 Å². The maximum Gasteiger partial charge on any atom is 0.305 e. The Bertz CT molecular complexity index is 1370. The summed E-state index contributed by atoms with van der Waals surface area (Å²) in [6, 6.07) is 6.82. The number of carbonyl (C=O) groups is 2. The van der Waals surface area contributed by atoms with E-state index in [-0.39, 0.29) is 29.5 Å². The molecule has 3 aliphatic rings. The van der Waals surface area contributed by atoms with Crippen LogP contribution in [0.5, 0.6) is 0 Å². The lowest BCUT2D eigenvalue weighted by Gasteiger charge is -2.39. The van der Waals surface area contributed by atoms with Crippen LogP contribution in [0.2, 0.25) is 0 Å². The van der Waals surface area contributed by atoms with E-state index in [2.05, 4.69) is 66.5 Å². The number of carbonyl (C=O) groups excluding carboxylic acids is 2. The van der Waals surface area contributed by atoms with Crippen molar-refractivity contribution in [1.29, 1.82) is 0 Å². The highest BCUT2D eigenvalue weighted by atomic mass is 16.5. The Labute approximate surface area is 250 Å². The molecule has 1 aromatic carbocycles. The van der Waals surface area contributed by atoms with Gasteiger partial charge in [0.05, 0.1) is 12.7 Å². The van der Waals surface area contributed by atoms with Gasteiger partial charge >= 0.3 is 5.97 Å². The fourth-order valence-corrected chi connectivity index (χ4v) is 6.73. The Morgan fingerprint density at radius 2 is 2.12 bits per heavy atom. The van der Waals surface area contributed by atoms with E-state index in [1.54, 1.807) is 6.08 Å². The molecule has 0 saturated carbocycles. The maximum absolute atomic E-state index is 12.5. The number of nitrogens with one attached hydrogen (secondary N) is 1. The van der Waals surface area contributed by atoms with Gasteiger partial charge in [0, 0.05) is 53.9 Å². The lowest BCUT2D eigenvalue weighted by atomic mass is 9.80. The largest absolute Gasteiger partial charge is 0.465 e. The first kappa shape index (κ1) is 30.2. The number of aromatic amines is 1. The second kappa shape index (κ2) is 14.3. The second-order valence-electron chi connectivity index (χ2n) is 12.3. The summed E-state index contributed by atoms with van der Waals surface area (Å²) in [7, 11) is 2.17. The third-order valence-corrected chi connectivity index (χ3v) is 9.08. The van der Waals surface area contributed by atoms with Gasteiger partial charge in [-0.2, -0.15) is 0 Å². The number of aromatic nitrogens is 1. The number of benzene rings is 1. The predicted octanol–water partition coefficient (Wildman–Crippen LogP) is 6.57. The summed E-state index contributed by atoms with van der Waals surface area (Å²) < 4.78 is 5.71. The number of hydrogen-bond acceptors (Lipinski definition) is 5. The normalized spacial score (nSPS) is 24.5. The molecule has 2 aliphatic carbocycles. The van der Waals surface area contributed by atoms with Crippen LogP contribution in [0.1, 0.15) is 69.4 Å². The molecule has 224 valence electrons. The highest BCUT2D eigenvalue weighted by Crippen LogP contribution is 2.40. The zero-order valence-electron chi connectivity index (χ0n) is 25.1. The molecule has 0 radical (unpaired) electrons. The molecule has 0 spiro atoms. The first-order chi connectivity index (χ1) is 20.4. The molecule has 0 bridgehead atoms. The molecule has 5 rings (SSSR count). The molecule has 6 heteroatoms. The Morgan fingerprint density at radius 3 is 2.98 bits per heavy atom. The summed E-state index contributed by atoms with van der Waals surface area (Å²) in [6.07, 6.45) is 23.2. The fraction of sp³-hybridized carbons (Fsp3) is 0.500. The smallest absolute Gasteiger partial charge is 0.305 e. The van der Waals surface area contributed by atoms with Gasteiger partial charge in [0.2, 0.25) is 0 Å². The SMILES string of the molecule is CCCCC[C@@H](O)C=C[C@H]1C=CC(=O)[C@@H]1CC=CCCCC(=O)OC[C@@H]1C=C2c3cccc4[nH]cc(c34)C[C@H]2N(C)C1. The van der Waals surface area contributed by atoms with Crippen molar-refractivity contribution in [2.24, 2.45) is 17.8 Å². The molecule has 5 atom stereocenters. The molecule has 1 aromatic heterocycles. The van der Waals surface area contributed by atoms with Gasteiger partial charge in [-0.1, -0.05) is 74.8 Å². The summed E-state index contributed by atoms with van der Waals surface area (Å²) in [6.45, 7) is 3.44. The number of aliphatic hydroxyl groups excluding tert-OH is 1. The van der Waals surface area contributed by atoms with E-state index in [4.69, 9.17) is 4.74 Å². The number of allylic oxidation sites excluding steroid dienone is 5. The van der Waals surface area contributed by atoms with E-state index in [9.17, 15) is 14.7 Å². The summed E-state index contributed by atoms with van der Waals surface area (Å²) in [5.41, 5.74) is 5.21. The average Bonchev–Trinajstić information content (AvgIpc) is 3.57. The molecule has 0 amide bonds. The van der Waals surface area contributed by atoms with Gasteiger partial charge in [0.25, 0.3) is 0 Å². The number of unbranched alkanes of at least 4 members (excludes halogenated alkanes) is 3. The van der Waals surface area contributed by atoms with E-state index in [0.717, 1.165) is 51.5 Å². The van der Waals surface area contributed by atoms with Crippen LogP contribution < -0.4 is 0 Å². The van der Waals surface area contributed by atoms with Crippen LogP contribution in [0.4, 0.5) is 0 Å². The van der Waals surface area contributed by atoms with Crippen molar-refractivity contribution in [3.8, 4) is 0 Å². The monoisotopic (exact) mass is 570 g/mol. The van der Waals surface area contributed by atoms with Crippen LogP contribution in [0, 0.1) is 17.8 Å². The van der Waals surface area contributed by atoms with E-state index >= 15 is 0 Å². The highest BCUT2D eigenvalue weighted by Gasteiger charge is 2.34. The highest BCUT2D eigenvalue weighted by molar-refractivity contribution is 5.98. The zero-order chi connectivity index (χ0) is 29.5. The quantitative estimate of drug-likeness (QED) is 0.153. The fourth-order valence-electron chi connectivity index (χ4n) is 6.73. The molecular formula is C36H46N2O4. The Balaban J connectivity index is 1.03. The van der Waals surface area contributed by atoms with Gasteiger partial charge < -0.3 is 14.8 Å². The summed E-state index contributed by atoms with van der Waals surface area (Å²) in [4.78, 5) is 30.7. The lowest BCUT2D eigenvalue weighted by molar-refractivity contribution is -0.144. The van der Waals surface area contributed by atoms with Crippen LogP contribution >= 0.6 is 0 Å². The Morgan fingerprint density at radius 1 is 1.24 bits per heavy atom. The first-order valence-electron chi connectivity index (χ1n) is 15.8. The number of fused-ring (bicyclic) bond motifs is 2. The van der Waals surface area contributed by atoms with E-state index in [1.165, 1.54) is 27.6 Å². The van der Waals surface area contributed by atoms with Gasteiger partial charge in [-0.05, 0) is 68.0 Å². The molecule has 6 nitrogen and oxygen atoms in total. The number of H-pyrrole nitrogens is 1. The van der Waals surface area contributed by atoms with Crippen molar-refractivity contribution in [3.63, 3.8) is 0 Å². The predicted molar refractivity (Wildman–Crippen MR) is 169 cm³/mol. The van der Waals surface area contributed by atoms with Gasteiger partial charge in [0.1, 0.15) is 0 Å². The van der Waals surface area contributed by atoms with Crippen molar-refractivity contribution in [3.05, 3.63) is 78.1 Å². The van der Waals surface area contributed by atoms with Gasteiger partial charge in [0.15, 0.2) is 5.78 Å². The van der Waals surface area contributed by atoms with E-state index in [1.807, 2.05) is 18.2 Å². The van der Waals surface area contributed by atoms with Crippen LogP contribution in [0.25, 0.3) is 16.5 Å². The Hall–Kier alpha value is -3.22. The lowest BCUT2D eigenvalue weighted by Crippen LogP contribution is -2.43. The molecule has 1 aliphatic heterocycles. The number of rotatable bonds is 14. The molecule has 0 unspecified atom stereocenters. The van der Waals surface area contributed by atoms with E-state index in [0.29, 0.717) is 25.5 Å². The van der Waals surface area contributed by atoms with Crippen LogP contribution in [-0.2, 0) is 20.7 Å². The number of ether oxygens (including phenoxy) is 1.